The van der Waals surface area contributed by atoms with E-state index >= 15 is 0 Å². The zero-order valence-corrected chi connectivity index (χ0v) is 17.3. The molecule has 2 unspecified atom stereocenters. The van der Waals surface area contributed by atoms with Crippen LogP contribution in [0.3, 0.4) is 0 Å². The first-order valence-corrected chi connectivity index (χ1v) is 12.2. The lowest BCUT2D eigenvalue weighted by molar-refractivity contribution is 0.0427. The summed E-state index contributed by atoms with van der Waals surface area (Å²) in [4.78, 5) is 0. The van der Waals surface area contributed by atoms with E-state index in [1.54, 1.807) is 0 Å². The lowest BCUT2D eigenvalue weighted by Gasteiger charge is -2.52. The molecule has 166 valence electrons. The van der Waals surface area contributed by atoms with Crippen LogP contribution in [-0.2, 0) is 4.74 Å². The van der Waals surface area contributed by atoms with Crippen LogP contribution < -0.4 is 0 Å². The van der Waals surface area contributed by atoms with Gasteiger partial charge in [0.1, 0.15) is 0 Å². The molecule has 1 N–H and O–H groups in total. The molecule has 2 atom stereocenters. The smallest absolute Gasteiger partial charge is 0.234 e. The summed E-state index contributed by atoms with van der Waals surface area (Å²) in [5.41, 5.74) is -4.55. The maximum atomic E-state index is 14.1. The third-order valence-electron chi connectivity index (χ3n) is 4.51. The molecule has 2 nitrogen and oxygen atoms in total. The average Bonchev–Trinajstić information content (AvgIpc) is 2.62. The minimum atomic E-state index is -9.14. The molecule has 0 saturated carbocycles. The van der Waals surface area contributed by atoms with Crippen LogP contribution in [0.15, 0.2) is 30.3 Å². The predicted molar refractivity (Wildman–Crippen MR) is 107 cm³/mol. The van der Waals surface area contributed by atoms with Gasteiger partial charge in [0.25, 0.3) is 0 Å². The maximum absolute atomic E-state index is 14.1. The van der Waals surface area contributed by atoms with Gasteiger partial charge in [0, 0.05) is 12.2 Å². The summed E-state index contributed by atoms with van der Waals surface area (Å²) >= 11 is 0. The number of unbranched alkanes of at least 4 members (excludes halogenated alkanes) is 7. The number of ether oxygens (including phenoxy) is 1. The minimum Gasteiger partial charge on any atom is -0.390 e. The van der Waals surface area contributed by atoms with Crippen LogP contribution in [0.5, 0.6) is 0 Å². The second kappa shape index (κ2) is 10.3. The largest absolute Gasteiger partial charge is 0.390 e. The number of halogens is 5. The third kappa shape index (κ3) is 9.09. The second-order valence-corrected chi connectivity index (χ2v) is 10.8. The summed E-state index contributed by atoms with van der Waals surface area (Å²) in [5, 5.41) is 9.61. The van der Waals surface area contributed by atoms with Gasteiger partial charge in [-0.1, -0.05) is 82.2 Å². The van der Waals surface area contributed by atoms with Crippen molar-refractivity contribution in [3.63, 3.8) is 0 Å². The quantitative estimate of drug-likeness (QED) is 0.229. The number of hydrogen-bond donors (Lipinski definition) is 1. The molecule has 0 amide bonds. The van der Waals surface area contributed by atoms with Gasteiger partial charge in [-0.05, 0) is 6.42 Å². The summed E-state index contributed by atoms with van der Waals surface area (Å²) in [6.07, 6.45) is 6.35. The number of alkyl halides is 1. The first-order chi connectivity index (χ1) is 13.0. The van der Waals surface area contributed by atoms with Gasteiger partial charge >= 0.3 is 0 Å². The van der Waals surface area contributed by atoms with E-state index in [4.69, 9.17) is 4.74 Å². The summed E-state index contributed by atoms with van der Waals surface area (Å²) < 4.78 is 75.6. The second-order valence-electron chi connectivity index (χ2n) is 7.41. The van der Waals surface area contributed by atoms with E-state index < -0.39 is 39.4 Å². The van der Waals surface area contributed by atoms with Gasteiger partial charge in [-0.15, -0.1) is 15.5 Å². The van der Waals surface area contributed by atoms with Gasteiger partial charge in [-0.2, -0.15) is 0 Å². The Hall–Kier alpha value is -0.860. The SMILES string of the molecule is CCCCCCCCCCOCC(O)CS(F)(F)(F)(F)C(F)c1ccccc1. The molecule has 0 aromatic heterocycles. The van der Waals surface area contributed by atoms with Crippen LogP contribution in [0.2, 0.25) is 0 Å². The lowest BCUT2D eigenvalue weighted by atomic mass is 10.1. The van der Waals surface area contributed by atoms with Crippen LogP contribution >= 0.6 is 9.84 Å². The van der Waals surface area contributed by atoms with E-state index in [9.17, 15) is 25.0 Å². The predicted octanol–water partition coefficient (Wildman–Crippen LogP) is 7.59. The highest BCUT2D eigenvalue weighted by Gasteiger charge is 2.71. The number of rotatable bonds is 15. The first kappa shape index (κ1) is 25.2. The number of aliphatic hydroxyl groups excluding tert-OH is 1. The summed E-state index contributed by atoms with van der Waals surface area (Å²) in [6, 6.07) is 5.59. The molecular weight excluding hydrogens is 399 g/mol. The Labute approximate surface area is 164 Å². The fourth-order valence-electron chi connectivity index (χ4n) is 3.00. The first-order valence-electron chi connectivity index (χ1n) is 9.92. The van der Waals surface area contributed by atoms with E-state index in [-0.39, 0.29) is 6.61 Å². The topological polar surface area (TPSA) is 29.5 Å². The Morgan fingerprint density at radius 3 is 2.00 bits per heavy atom. The molecule has 1 aromatic rings. The molecule has 0 heterocycles. The van der Waals surface area contributed by atoms with E-state index in [1.165, 1.54) is 43.9 Å². The van der Waals surface area contributed by atoms with Crippen molar-refractivity contribution in [3.8, 4) is 0 Å². The van der Waals surface area contributed by atoms with Crippen LogP contribution in [0, 0.1) is 0 Å². The molecule has 28 heavy (non-hydrogen) atoms. The van der Waals surface area contributed by atoms with Gasteiger partial charge in [-0.25, -0.2) is 4.39 Å². The van der Waals surface area contributed by atoms with Crippen LogP contribution in [-0.4, -0.2) is 30.2 Å². The van der Waals surface area contributed by atoms with Gasteiger partial charge in [0.05, 0.1) is 18.5 Å². The summed E-state index contributed by atoms with van der Waals surface area (Å²) in [7, 11) is -9.14. The Kier molecular flexibility index (Phi) is 9.22. The average molecular weight is 433 g/mol. The number of benzene rings is 1. The standard InChI is InChI=1S/C20H33F5O2S/c1-2-3-4-5-6-7-8-12-15-27-16-19(26)17-28(22,23,24,25)20(21)18-13-10-9-11-14-18/h9-11,13-14,19-20,26H,2-8,12,15-17H2,1H3. The van der Waals surface area contributed by atoms with E-state index in [0.717, 1.165) is 31.4 Å². The van der Waals surface area contributed by atoms with Crippen molar-refractivity contribution < 1.29 is 29.8 Å². The van der Waals surface area contributed by atoms with Crippen molar-refractivity contribution in [1.29, 1.82) is 0 Å². The highest BCUT2D eigenvalue weighted by atomic mass is 32.5. The van der Waals surface area contributed by atoms with Gasteiger partial charge in [-0.3, -0.25) is 0 Å². The Bertz CT molecular complexity index is 564. The minimum absolute atomic E-state index is 0.192. The molecular formula is C20H33F5O2S. The van der Waals surface area contributed by atoms with E-state index in [2.05, 4.69) is 6.92 Å². The van der Waals surface area contributed by atoms with Crippen LogP contribution in [0.1, 0.15) is 69.4 Å². The van der Waals surface area contributed by atoms with Crippen molar-refractivity contribution >= 4 is 9.84 Å². The van der Waals surface area contributed by atoms with E-state index in [1.807, 2.05) is 0 Å². The van der Waals surface area contributed by atoms with Crippen molar-refractivity contribution in [2.45, 2.75) is 69.9 Å². The van der Waals surface area contributed by atoms with Crippen LogP contribution in [0.4, 0.5) is 19.9 Å². The highest BCUT2D eigenvalue weighted by Crippen LogP contribution is 3.02. The molecule has 0 fully saturated rings. The monoisotopic (exact) mass is 432 g/mol. The van der Waals surface area contributed by atoms with Crippen molar-refractivity contribution in [2.24, 2.45) is 0 Å². The molecule has 0 aliphatic heterocycles. The molecule has 1 rings (SSSR count). The summed E-state index contributed by atoms with van der Waals surface area (Å²) in [5.74, 6) is -2.23. The molecule has 8 heteroatoms. The van der Waals surface area contributed by atoms with Crippen molar-refractivity contribution in [2.75, 3.05) is 19.0 Å². The van der Waals surface area contributed by atoms with Gasteiger partial charge < -0.3 is 9.84 Å². The zero-order chi connectivity index (χ0) is 21.2. The Morgan fingerprint density at radius 2 is 1.43 bits per heavy atom. The normalized spacial score (nSPS) is 17.0. The van der Waals surface area contributed by atoms with Gasteiger partial charge in [0.2, 0.25) is 5.50 Å². The fourth-order valence-corrected chi connectivity index (χ4v) is 4.83. The molecule has 0 aliphatic rings. The molecule has 0 saturated heterocycles. The van der Waals surface area contributed by atoms with E-state index in [0.29, 0.717) is 6.42 Å². The fraction of sp³-hybridized carbons (Fsp3) is 0.700. The molecule has 0 aliphatic carbocycles. The highest BCUT2D eigenvalue weighted by molar-refractivity contribution is 8.49. The van der Waals surface area contributed by atoms with Gasteiger partial charge in [0.15, 0.2) is 9.84 Å². The molecule has 0 radical (unpaired) electrons. The summed E-state index contributed by atoms with van der Waals surface area (Å²) in [6.45, 7) is 1.67. The van der Waals surface area contributed by atoms with Crippen molar-refractivity contribution in [1.82, 2.24) is 0 Å². The van der Waals surface area contributed by atoms with Crippen LogP contribution in [0.25, 0.3) is 0 Å². The lowest BCUT2D eigenvalue weighted by Crippen LogP contribution is -2.33. The maximum Gasteiger partial charge on any atom is 0.234 e. The molecule has 1 aromatic carbocycles. The van der Waals surface area contributed by atoms with Crippen molar-refractivity contribution in [3.05, 3.63) is 35.9 Å². The number of aliphatic hydroxyl groups is 1. The zero-order valence-electron chi connectivity index (χ0n) is 16.5. The molecule has 0 bridgehead atoms. The Balaban J connectivity index is 2.35. The molecule has 0 spiro atoms. The number of hydrogen-bond acceptors (Lipinski definition) is 2. The third-order valence-corrected chi connectivity index (χ3v) is 6.79. The Morgan fingerprint density at radius 1 is 0.893 bits per heavy atom.